The number of hydrogen-bond acceptors (Lipinski definition) is 3. The van der Waals surface area contributed by atoms with Crippen LogP contribution in [-0.4, -0.2) is 22.3 Å². The van der Waals surface area contributed by atoms with Gasteiger partial charge in [0.05, 0.1) is 12.2 Å². The second-order valence-corrected chi connectivity index (χ2v) is 14.8. The molecule has 0 bridgehead atoms. The molecular weight excluding hydrogens is 422 g/mol. The van der Waals surface area contributed by atoms with E-state index in [-0.39, 0.29) is 56.8 Å². The molecule has 0 heterocycles. The standard InChI is InChI=1S/C30H43NO3/c1-25(2)11-13-30(34)14-12-29(7)23(18(30)16-25)20(32)15-22-27(5)17-19(31-8)24(33)26(3,4)21(27)9-10-28(22,29)6/h17-18,21-23,34H,9-16H2,1-7H3/t18-,21-,22?,23-,27-,28+,29+,30-/m0/s1. The maximum atomic E-state index is 14.2. The van der Waals surface area contributed by atoms with Gasteiger partial charge >= 0.3 is 0 Å². The van der Waals surface area contributed by atoms with E-state index in [1.54, 1.807) is 0 Å². The zero-order valence-electron chi connectivity index (χ0n) is 22.3. The lowest BCUT2D eigenvalue weighted by Crippen LogP contribution is -2.69. The molecule has 186 valence electrons. The summed E-state index contributed by atoms with van der Waals surface area (Å²) in [6, 6.07) is 0. The van der Waals surface area contributed by atoms with Crippen LogP contribution in [-0.2, 0) is 9.59 Å². The molecule has 0 spiro atoms. The highest BCUT2D eigenvalue weighted by atomic mass is 16.3. The predicted molar refractivity (Wildman–Crippen MR) is 132 cm³/mol. The zero-order chi connectivity index (χ0) is 25.1. The van der Waals surface area contributed by atoms with Gasteiger partial charge in [-0.05, 0) is 84.4 Å². The van der Waals surface area contributed by atoms with Gasteiger partial charge < -0.3 is 9.90 Å². The Kier molecular flexibility index (Phi) is 4.88. The molecule has 0 aliphatic heterocycles. The molecule has 0 aromatic carbocycles. The van der Waals surface area contributed by atoms with Gasteiger partial charge in [0.25, 0.3) is 0 Å². The Morgan fingerprint density at radius 1 is 0.912 bits per heavy atom. The number of Topliss-reactive ketones (excluding diaryl/α,β-unsaturated/α-hetero) is 2. The van der Waals surface area contributed by atoms with Gasteiger partial charge in [-0.2, -0.15) is 0 Å². The number of ketones is 2. The van der Waals surface area contributed by atoms with Crippen molar-refractivity contribution in [1.82, 2.24) is 0 Å². The van der Waals surface area contributed by atoms with Crippen molar-refractivity contribution in [2.45, 2.75) is 105 Å². The Labute approximate surface area is 205 Å². The van der Waals surface area contributed by atoms with Gasteiger partial charge in [-0.3, -0.25) is 4.79 Å². The monoisotopic (exact) mass is 465 g/mol. The van der Waals surface area contributed by atoms with Gasteiger partial charge in [-0.1, -0.05) is 54.5 Å². The number of carbonyl (C=O) groups excluding carboxylic acids is 2. The number of aliphatic hydroxyl groups is 1. The Morgan fingerprint density at radius 2 is 1.56 bits per heavy atom. The fraction of sp³-hybridized carbons (Fsp3) is 0.833. The maximum absolute atomic E-state index is 14.2. The van der Waals surface area contributed by atoms with Gasteiger partial charge in [-0.15, -0.1) is 0 Å². The second kappa shape index (κ2) is 6.84. The molecule has 0 aromatic rings. The van der Waals surface area contributed by atoms with Gasteiger partial charge in [0.1, 0.15) is 5.78 Å². The second-order valence-electron chi connectivity index (χ2n) is 14.8. The fourth-order valence-corrected chi connectivity index (χ4v) is 10.2. The molecule has 4 nitrogen and oxygen atoms in total. The van der Waals surface area contributed by atoms with Gasteiger partial charge in [0.15, 0.2) is 5.78 Å². The lowest BCUT2D eigenvalue weighted by molar-refractivity contribution is -0.236. The van der Waals surface area contributed by atoms with Crippen LogP contribution in [0.3, 0.4) is 0 Å². The predicted octanol–water partition coefficient (Wildman–Crippen LogP) is 6.38. The van der Waals surface area contributed by atoms with Crippen LogP contribution in [0.1, 0.15) is 99.8 Å². The number of hydrogen-bond donors (Lipinski definition) is 1. The molecular formula is C30H43NO3. The van der Waals surface area contributed by atoms with E-state index < -0.39 is 11.0 Å². The Hall–Kier alpha value is -1.47. The molecule has 4 heteroatoms. The normalized spacial score (nSPS) is 51.2. The Balaban J connectivity index is 1.63. The molecule has 34 heavy (non-hydrogen) atoms. The van der Waals surface area contributed by atoms with Crippen molar-refractivity contribution < 1.29 is 14.7 Å². The highest BCUT2D eigenvalue weighted by molar-refractivity contribution is 6.02. The molecule has 0 radical (unpaired) electrons. The maximum Gasteiger partial charge on any atom is 0.226 e. The molecule has 5 rings (SSSR count). The van der Waals surface area contributed by atoms with E-state index >= 15 is 0 Å². The molecule has 5 aliphatic rings. The van der Waals surface area contributed by atoms with Crippen LogP contribution < -0.4 is 0 Å². The summed E-state index contributed by atoms with van der Waals surface area (Å²) in [4.78, 5) is 31.0. The number of nitrogens with zero attached hydrogens (tertiary/aromatic N) is 1. The minimum atomic E-state index is -0.712. The summed E-state index contributed by atoms with van der Waals surface area (Å²) >= 11 is 0. The van der Waals surface area contributed by atoms with Crippen LogP contribution in [0.25, 0.3) is 4.85 Å². The first kappa shape index (κ1) is 24.2. The number of allylic oxidation sites excluding steroid dienone is 2. The largest absolute Gasteiger partial charge is 0.390 e. The average molecular weight is 466 g/mol. The average Bonchev–Trinajstić information content (AvgIpc) is 2.74. The fourth-order valence-electron chi connectivity index (χ4n) is 10.2. The van der Waals surface area contributed by atoms with Crippen molar-refractivity contribution in [3.05, 3.63) is 23.2 Å². The van der Waals surface area contributed by atoms with Crippen molar-refractivity contribution in [1.29, 1.82) is 0 Å². The first-order valence-corrected chi connectivity index (χ1v) is 13.5. The van der Waals surface area contributed by atoms with Gasteiger partial charge in [0, 0.05) is 17.8 Å². The summed E-state index contributed by atoms with van der Waals surface area (Å²) in [5.41, 5.74) is -1.49. The summed E-state index contributed by atoms with van der Waals surface area (Å²) in [6.07, 6.45) is 8.83. The van der Waals surface area contributed by atoms with Crippen LogP contribution in [0.15, 0.2) is 11.8 Å². The minimum Gasteiger partial charge on any atom is -0.390 e. The van der Waals surface area contributed by atoms with Crippen LogP contribution in [0, 0.1) is 57.3 Å². The highest BCUT2D eigenvalue weighted by Gasteiger charge is 2.71. The highest BCUT2D eigenvalue weighted by Crippen LogP contribution is 2.74. The first-order chi connectivity index (χ1) is 15.6. The molecule has 1 N–H and O–H groups in total. The van der Waals surface area contributed by atoms with E-state index in [4.69, 9.17) is 6.57 Å². The quantitative estimate of drug-likeness (QED) is 0.422. The SMILES string of the molecule is [C-]#[N+]C1=C[C@]2(C)C3CC(=O)[C@@H]4[C@@H]5CC(C)(C)CC[C@]5(O)CC[C@@]4(C)[C@]3(C)CC[C@H]2C(C)(C)C1=O. The molecule has 0 saturated heterocycles. The third-order valence-corrected chi connectivity index (χ3v) is 12.4. The number of rotatable bonds is 0. The van der Waals surface area contributed by atoms with Gasteiger partial charge in [0.2, 0.25) is 5.70 Å². The van der Waals surface area contributed by atoms with Crippen LogP contribution >= 0.6 is 0 Å². The van der Waals surface area contributed by atoms with E-state index in [0.717, 1.165) is 44.9 Å². The topological polar surface area (TPSA) is 58.7 Å². The minimum absolute atomic E-state index is 0.0320. The van der Waals surface area contributed by atoms with Crippen LogP contribution in [0.2, 0.25) is 0 Å². The summed E-state index contributed by atoms with van der Waals surface area (Å²) < 4.78 is 0. The smallest absolute Gasteiger partial charge is 0.226 e. The third kappa shape index (κ3) is 2.80. The third-order valence-electron chi connectivity index (χ3n) is 12.4. The van der Waals surface area contributed by atoms with E-state index in [1.807, 2.05) is 19.9 Å². The molecule has 0 aromatic heterocycles. The molecule has 0 amide bonds. The van der Waals surface area contributed by atoms with E-state index in [1.165, 1.54) is 0 Å². The molecule has 1 unspecified atom stereocenters. The van der Waals surface area contributed by atoms with E-state index in [2.05, 4.69) is 39.5 Å². The Bertz CT molecular complexity index is 1030. The molecule has 4 fully saturated rings. The van der Waals surface area contributed by atoms with Crippen molar-refractivity contribution >= 4 is 11.6 Å². The van der Waals surface area contributed by atoms with E-state index in [9.17, 15) is 14.7 Å². The van der Waals surface area contributed by atoms with Crippen molar-refractivity contribution in [2.24, 2.45) is 50.7 Å². The first-order valence-electron chi connectivity index (χ1n) is 13.5. The van der Waals surface area contributed by atoms with Crippen molar-refractivity contribution in [2.75, 3.05) is 0 Å². The lowest BCUT2D eigenvalue weighted by Gasteiger charge is -2.71. The van der Waals surface area contributed by atoms with Crippen LogP contribution in [0.5, 0.6) is 0 Å². The number of carbonyl (C=O) groups is 2. The summed E-state index contributed by atoms with van der Waals surface area (Å²) in [7, 11) is 0. The van der Waals surface area contributed by atoms with Gasteiger partial charge in [-0.25, -0.2) is 4.85 Å². The lowest BCUT2D eigenvalue weighted by atomic mass is 9.32. The summed E-state index contributed by atoms with van der Waals surface area (Å²) in [5.74, 6) is 0.462. The summed E-state index contributed by atoms with van der Waals surface area (Å²) in [5, 5.41) is 11.7. The van der Waals surface area contributed by atoms with Crippen molar-refractivity contribution in [3.8, 4) is 0 Å². The summed E-state index contributed by atoms with van der Waals surface area (Å²) in [6.45, 7) is 23.3. The zero-order valence-corrected chi connectivity index (χ0v) is 22.3. The molecule has 5 aliphatic carbocycles. The van der Waals surface area contributed by atoms with Crippen molar-refractivity contribution in [3.63, 3.8) is 0 Å². The van der Waals surface area contributed by atoms with Crippen LogP contribution in [0.4, 0.5) is 0 Å². The molecule has 8 atom stereocenters. The Morgan fingerprint density at radius 3 is 2.21 bits per heavy atom. The number of fused-ring (bicyclic) bond motifs is 7. The molecule has 4 saturated carbocycles. The van der Waals surface area contributed by atoms with E-state index in [0.29, 0.717) is 12.2 Å².